The van der Waals surface area contributed by atoms with E-state index in [1.165, 1.54) is 18.2 Å². The smallest absolute Gasteiger partial charge is 0.308 e. The average molecular weight is 350 g/mol. The number of hydrogen-bond acceptors (Lipinski definition) is 3. The first-order chi connectivity index (χ1) is 11.5. The Morgan fingerprint density at radius 2 is 1.83 bits per heavy atom. The lowest BCUT2D eigenvalue weighted by atomic mass is 10.0. The van der Waals surface area contributed by atoms with E-state index in [-0.39, 0.29) is 18.6 Å². The molecule has 1 atom stereocenters. The molecular formula is C18H17ClFNO3. The minimum Gasteiger partial charge on any atom is -0.466 e. The standard InChI is InChI=1S/C18H17ClFNO3/c1-2-24-17(22)11-16(12-7-3-5-9-14(12)19)21-18(23)13-8-4-6-10-15(13)20/h3-10,16H,2,11H2,1H3,(H,21,23). The van der Waals surface area contributed by atoms with Crippen LogP contribution in [0.5, 0.6) is 0 Å². The van der Waals surface area contributed by atoms with Crippen molar-refractivity contribution in [1.82, 2.24) is 5.32 Å². The molecule has 1 amide bonds. The first kappa shape index (κ1) is 17.9. The van der Waals surface area contributed by atoms with E-state index in [4.69, 9.17) is 16.3 Å². The first-order valence-corrected chi connectivity index (χ1v) is 7.86. The fourth-order valence-corrected chi connectivity index (χ4v) is 2.53. The molecule has 2 rings (SSSR count). The summed E-state index contributed by atoms with van der Waals surface area (Å²) in [6, 6.07) is 11.8. The van der Waals surface area contributed by atoms with Crippen LogP contribution in [0.3, 0.4) is 0 Å². The van der Waals surface area contributed by atoms with Gasteiger partial charge in [0.2, 0.25) is 0 Å². The predicted molar refractivity (Wildman–Crippen MR) is 89.3 cm³/mol. The molecule has 0 saturated carbocycles. The summed E-state index contributed by atoms with van der Waals surface area (Å²) in [7, 11) is 0. The van der Waals surface area contributed by atoms with Gasteiger partial charge in [0.1, 0.15) is 5.82 Å². The molecule has 126 valence electrons. The Morgan fingerprint density at radius 3 is 2.50 bits per heavy atom. The molecule has 0 aliphatic rings. The molecule has 0 spiro atoms. The van der Waals surface area contributed by atoms with E-state index < -0.39 is 23.7 Å². The second-order valence-electron chi connectivity index (χ2n) is 5.04. The van der Waals surface area contributed by atoms with Gasteiger partial charge in [0.25, 0.3) is 5.91 Å². The maximum Gasteiger partial charge on any atom is 0.308 e. The van der Waals surface area contributed by atoms with Crippen molar-refractivity contribution >= 4 is 23.5 Å². The van der Waals surface area contributed by atoms with Gasteiger partial charge in [0.05, 0.1) is 24.6 Å². The molecule has 0 saturated heterocycles. The lowest BCUT2D eigenvalue weighted by Crippen LogP contribution is -2.31. The van der Waals surface area contributed by atoms with Crippen molar-refractivity contribution in [3.05, 3.63) is 70.5 Å². The highest BCUT2D eigenvalue weighted by molar-refractivity contribution is 6.31. The zero-order valence-corrected chi connectivity index (χ0v) is 13.8. The SMILES string of the molecule is CCOC(=O)CC(NC(=O)c1ccccc1F)c1ccccc1Cl. The molecule has 6 heteroatoms. The average Bonchev–Trinajstić information content (AvgIpc) is 2.55. The minimum absolute atomic E-state index is 0.0987. The number of esters is 1. The fourth-order valence-electron chi connectivity index (χ4n) is 2.26. The molecule has 1 N–H and O–H groups in total. The van der Waals surface area contributed by atoms with Crippen LogP contribution in [0.25, 0.3) is 0 Å². The van der Waals surface area contributed by atoms with Crippen LogP contribution in [-0.4, -0.2) is 18.5 Å². The van der Waals surface area contributed by atoms with Gasteiger partial charge in [-0.3, -0.25) is 9.59 Å². The molecule has 2 aromatic rings. The van der Waals surface area contributed by atoms with Crippen molar-refractivity contribution in [2.45, 2.75) is 19.4 Å². The second kappa shape index (κ2) is 8.45. The lowest BCUT2D eigenvalue weighted by Gasteiger charge is -2.20. The summed E-state index contributed by atoms with van der Waals surface area (Å²) in [5.41, 5.74) is 0.468. The maximum atomic E-state index is 13.8. The van der Waals surface area contributed by atoms with E-state index in [1.807, 2.05) is 0 Å². The monoisotopic (exact) mass is 349 g/mol. The molecule has 0 bridgehead atoms. The van der Waals surface area contributed by atoms with Crippen LogP contribution in [0.15, 0.2) is 48.5 Å². The van der Waals surface area contributed by atoms with Crippen LogP contribution in [0.2, 0.25) is 5.02 Å². The molecule has 24 heavy (non-hydrogen) atoms. The molecule has 0 aromatic heterocycles. The summed E-state index contributed by atoms with van der Waals surface area (Å²) in [4.78, 5) is 24.2. The summed E-state index contributed by atoms with van der Waals surface area (Å²) >= 11 is 6.16. The van der Waals surface area contributed by atoms with Crippen molar-refractivity contribution in [2.75, 3.05) is 6.61 Å². The summed E-state index contributed by atoms with van der Waals surface area (Å²) in [5, 5.41) is 3.06. The van der Waals surface area contributed by atoms with E-state index in [0.29, 0.717) is 10.6 Å². The van der Waals surface area contributed by atoms with Gasteiger partial charge in [0.15, 0.2) is 0 Å². The van der Waals surface area contributed by atoms with Gasteiger partial charge in [-0.25, -0.2) is 4.39 Å². The van der Waals surface area contributed by atoms with Crippen LogP contribution in [0, 0.1) is 5.82 Å². The molecule has 0 radical (unpaired) electrons. The Balaban J connectivity index is 2.26. The number of ether oxygens (including phenoxy) is 1. The lowest BCUT2D eigenvalue weighted by molar-refractivity contribution is -0.143. The van der Waals surface area contributed by atoms with Crippen molar-refractivity contribution in [3.8, 4) is 0 Å². The summed E-state index contributed by atoms with van der Waals surface area (Å²) in [5.74, 6) is -1.73. The van der Waals surface area contributed by atoms with Crippen LogP contribution in [-0.2, 0) is 9.53 Å². The van der Waals surface area contributed by atoms with Crippen molar-refractivity contribution in [2.24, 2.45) is 0 Å². The minimum atomic E-state index is -0.718. The quantitative estimate of drug-likeness (QED) is 0.805. The van der Waals surface area contributed by atoms with Crippen LogP contribution < -0.4 is 5.32 Å². The normalized spacial score (nSPS) is 11.6. The molecule has 4 nitrogen and oxygen atoms in total. The molecule has 0 heterocycles. The Bertz CT molecular complexity index is 736. The van der Waals surface area contributed by atoms with Gasteiger partial charge >= 0.3 is 5.97 Å². The highest BCUT2D eigenvalue weighted by Crippen LogP contribution is 2.26. The van der Waals surface area contributed by atoms with Crippen LogP contribution >= 0.6 is 11.6 Å². The van der Waals surface area contributed by atoms with Gasteiger partial charge in [0, 0.05) is 5.02 Å². The zero-order chi connectivity index (χ0) is 17.5. The Hall–Kier alpha value is -2.40. The molecule has 1 unspecified atom stereocenters. The Morgan fingerprint density at radius 1 is 1.17 bits per heavy atom. The van der Waals surface area contributed by atoms with Crippen molar-refractivity contribution < 1.29 is 18.7 Å². The third-order valence-electron chi connectivity index (χ3n) is 3.38. The third kappa shape index (κ3) is 4.55. The van der Waals surface area contributed by atoms with Crippen LogP contribution in [0.1, 0.15) is 35.3 Å². The van der Waals surface area contributed by atoms with E-state index in [0.717, 1.165) is 0 Å². The fraction of sp³-hybridized carbons (Fsp3) is 0.222. The number of carbonyl (C=O) groups is 2. The zero-order valence-electron chi connectivity index (χ0n) is 13.1. The van der Waals surface area contributed by atoms with Gasteiger partial charge in [-0.1, -0.05) is 41.9 Å². The number of rotatable bonds is 6. The van der Waals surface area contributed by atoms with E-state index in [2.05, 4.69) is 5.32 Å². The molecule has 0 aliphatic carbocycles. The summed E-state index contributed by atoms with van der Waals surface area (Å²) < 4.78 is 18.7. The first-order valence-electron chi connectivity index (χ1n) is 7.48. The molecular weight excluding hydrogens is 333 g/mol. The Labute approximate surface area is 144 Å². The molecule has 2 aromatic carbocycles. The van der Waals surface area contributed by atoms with E-state index in [9.17, 15) is 14.0 Å². The van der Waals surface area contributed by atoms with Gasteiger partial charge in [-0.2, -0.15) is 0 Å². The van der Waals surface area contributed by atoms with Gasteiger partial charge < -0.3 is 10.1 Å². The van der Waals surface area contributed by atoms with Gasteiger partial charge in [-0.05, 0) is 30.7 Å². The van der Waals surface area contributed by atoms with Crippen molar-refractivity contribution in [3.63, 3.8) is 0 Å². The topological polar surface area (TPSA) is 55.4 Å². The third-order valence-corrected chi connectivity index (χ3v) is 3.72. The highest BCUT2D eigenvalue weighted by Gasteiger charge is 2.23. The van der Waals surface area contributed by atoms with E-state index >= 15 is 0 Å². The largest absolute Gasteiger partial charge is 0.466 e. The van der Waals surface area contributed by atoms with Crippen molar-refractivity contribution in [1.29, 1.82) is 0 Å². The summed E-state index contributed by atoms with van der Waals surface area (Å²) in [6.07, 6.45) is -0.0994. The number of carbonyl (C=O) groups excluding carboxylic acids is 2. The number of amides is 1. The highest BCUT2D eigenvalue weighted by atomic mass is 35.5. The maximum absolute atomic E-state index is 13.8. The number of hydrogen-bond donors (Lipinski definition) is 1. The number of benzene rings is 2. The van der Waals surface area contributed by atoms with E-state index in [1.54, 1.807) is 37.3 Å². The van der Waals surface area contributed by atoms with Gasteiger partial charge in [-0.15, -0.1) is 0 Å². The second-order valence-corrected chi connectivity index (χ2v) is 5.44. The Kier molecular flexibility index (Phi) is 6.32. The number of halogens is 2. The molecule has 0 aliphatic heterocycles. The summed E-state index contributed by atoms with van der Waals surface area (Å²) in [6.45, 7) is 1.93. The predicted octanol–water partition coefficient (Wildman–Crippen LogP) is 3.90. The number of nitrogens with one attached hydrogen (secondary N) is 1. The van der Waals surface area contributed by atoms with Crippen LogP contribution in [0.4, 0.5) is 4.39 Å². The molecule has 0 fully saturated rings.